The number of quaternary nitrogens is 1. The van der Waals surface area contributed by atoms with Crippen molar-refractivity contribution in [2.75, 3.05) is 21.1 Å². The Labute approximate surface area is 71.6 Å². The monoisotopic (exact) mass is 168 g/mol. The van der Waals surface area contributed by atoms with Gasteiger partial charge in [-0.1, -0.05) is 0 Å². The van der Waals surface area contributed by atoms with E-state index in [2.05, 4.69) is 4.98 Å². The minimum atomic E-state index is -0.397. The van der Waals surface area contributed by atoms with Gasteiger partial charge in [0.1, 0.15) is 0 Å². The highest BCUT2D eigenvalue weighted by Crippen LogP contribution is 2.15. The van der Waals surface area contributed by atoms with Gasteiger partial charge in [0.05, 0.1) is 26.7 Å². The molecule has 0 aliphatic heterocycles. The van der Waals surface area contributed by atoms with E-state index in [1.165, 1.54) is 0 Å². The predicted molar refractivity (Wildman–Crippen MR) is 48.9 cm³/mol. The summed E-state index contributed by atoms with van der Waals surface area (Å²) in [7, 11) is 6.03. The maximum absolute atomic E-state index is 10.7. The number of aromatic nitrogens is 1. The Morgan fingerprint density at radius 1 is 1.50 bits per heavy atom. The second kappa shape index (κ2) is 2.64. The van der Waals surface area contributed by atoms with Crippen molar-refractivity contribution in [1.82, 2.24) is 9.47 Å². The van der Waals surface area contributed by atoms with Crippen LogP contribution in [0.4, 0.5) is 5.82 Å². The number of primary amides is 1. The van der Waals surface area contributed by atoms with Gasteiger partial charge < -0.3 is 10.7 Å². The maximum Gasteiger partial charge on any atom is 0.250 e. The van der Waals surface area contributed by atoms with Crippen molar-refractivity contribution in [1.29, 1.82) is 0 Å². The number of amides is 1. The van der Waals surface area contributed by atoms with E-state index < -0.39 is 5.91 Å². The molecule has 0 saturated carbocycles. The van der Waals surface area contributed by atoms with Gasteiger partial charge in [0.15, 0.2) is 0 Å². The number of aromatic amines is 1. The molecule has 0 unspecified atom stereocenters. The highest BCUT2D eigenvalue weighted by atomic mass is 16.1. The average Bonchev–Trinajstić information content (AvgIpc) is 2.30. The molecule has 0 atom stereocenters. The number of nitrogens with zero attached hydrogens (tertiary/aromatic N) is 1. The first-order chi connectivity index (χ1) is 5.41. The summed E-state index contributed by atoms with van der Waals surface area (Å²) >= 11 is 0. The normalized spacial score (nSPS) is 11.6. The Morgan fingerprint density at radius 2 is 2.08 bits per heavy atom. The van der Waals surface area contributed by atoms with Crippen LogP contribution in [0.3, 0.4) is 0 Å². The van der Waals surface area contributed by atoms with Crippen LogP contribution in [0.15, 0.2) is 12.3 Å². The Bertz CT molecular complexity index is 295. The summed E-state index contributed by atoms with van der Waals surface area (Å²) in [5.41, 5.74) is 5.63. The Morgan fingerprint density at radius 3 is 2.33 bits per heavy atom. The zero-order chi connectivity index (χ0) is 9.35. The second-order valence-corrected chi connectivity index (χ2v) is 3.65. The molecule has 1 amide bonds. The van der Waals surface area contributed by atoms with Gasteiger partial charge >= 0.3 is 0 Å². The molecule has 1 aromatic rings. The Kier molecular flexibility index (Phi) is 1.94. The molecule has 12 heavy (non-hydrogen) atoms. The molecule has 0 spiro atoms. The molecule has 0 radical (unpaired) electrons. The molecule has 4 heteroatoms. The minimum Gasteiger partial charge on any atom is -0.366 e. The Hall–Kier alpha value is -1.29. The summed E-state index contributed by atoms with van der Waals surface area (Å²) in [6.07, 6.45) is 1.63. The lowest BCUT2D eigenvalue weighted by molar-refractivity contribution is 0.100. The van der Waals surface area contributed by atoms with Gasteiger partial charge in [-0.2, -0.15) is 0 Å². The molecular weight excluding hydrogens is 154 g/mol. The fourth-order valence-electron chi connectivity index (χ4n) is 0.912. The molecule has 4 nitrogen and oxygen atoms in total. The molecule has 1 rings (SSSR count). The summed E-state index contributed by atoms with van der Waals surface area (Å²) in [5, 5.41) is 0. The number of rotatable bonds is 2. The third-order valence-corrected chi connectivity index (χ3v) is 1.68. The first kappa shape index (κ1) is 8.80. The van der Waals surface area contributed by atoms with Crippen molar-refractivity contribution < 1.29 is 4.79 Å². The summed E-state index contributed by atoms with van der Waals surface area (Å²) in [4.78, 5) is 13.7. The van der Waals surface area contributed by atoms with E-state index in [0.29, 0.717) is 10.0 Å². The Balaban J connectivity index is 3.00. The first-order valence-corrected chi connectivity index (χ1v) is 3.71. The van der Waals surface area contributed by atoms with Crippen LogP contribution in [0.25, 0.3) is 0 Å². The fraction of sp³-hybridized carbons (Fsp3) is 0.375. The van der Waals surface area contributed by atoms with Crippen molar-refractivity contribution in [2.45, 2.75) is 0 Å². The quantitative estimate of drug-likeness (QED) is 0.613. The summed E-state index contributed by atoms with van der Waals surface area (Å²) in [6, 6.07) is 1.77. The molecule has 0 aliphatic rings. The van der Waals surface area contributed by atoms with Crippen molar-refractivity contribution >= 4 is 11.7 Å². The predicted octanol–water partition coefficient (Wildman–Crippen LogP) is 0.310. The highest BCUT2D eigenvalue weighted by Gasteiger charge is 2.15. The van der Waals surface area contributed by atoms with Crippen LogP contribution in [-0.2, 0) is 0 Å². The number of H-pyrrole nitrogens is 1. The lowest BCUT2D eigenvalue weighted by Crippen LogP contribution is -2.35. The molecular formula is C8H14N3O+. The molecule has 0 fully saturated rings. The lowest BCUT2D eigenvalue weighted by atomic mass is 10.3. The van der Waals surface area contributed by atoms with E-state index in [1.807, 2.05) is 21.1 Å². The van der Waals surface area contributed by atoms with Crippen LogP contribution >= 0.6 is 0 Å². The molecule has 0 aromatic carbocycles. The molecule has 0 aliphatic carbocycles. The van der Waals surface area contributed by atoms with Crippen LogP contribution in [0, 0.1) is 0 Å². The fourth-order valence-corrected chi connectivity index (χ4v) is 0.912. The van der Waals surface area contributed by atoms with Crippen molar-refractivity contribution in [3.63, 3.8) is 0 Å². The first-order valence-electron chi connectivity index (χ1n) is 3.71. The lowest BCUT2D eigenvalue weighted by Gasteiger charge is -2.20. The second-order valence-electron chi connectivity index (χ2n) is 3.65. The summed E-state index contributed by atoms with van der Waals surface area (Å²) in [5.74, 6) is 0.565. The average molecular weight is 168 g/mol. The van der Waals surface area contributed by atoms with Crippen LogP contribution in [0.1, 0.15) is 10.4 Å². The smallest absolute Gasteiger partial charge is 0.250 e. The standard InChI is InChI=1S/C8H13N3O/c1-11(2,3)7-4-6(5-10-7)8(9)12/h4-5H,1-3H3,(H2-,9,10,12)/p+1. The number of carbonyl (C=O) groups is 1. The largest absolute Gasteiger partial charge is 0.366 e. The van der Waals surface area contributed by atoms with E-state index in [0.717, 1.165) is 5.82 Å². The van der Waals surface area contributed by atoms with Gasteiger partial charge in [0.2, 0.25) is 11.7 Å². The molecule has 1 heterocycles. The van der Waals surface area contributed by atoms with E-state index in [-0.39, 0.29) is 0 Å². The van der Waals surface area contributed by atoms with Crippen molar-refractivity contribution in [2.24, 2.45) is 5.73 Å². The molecule has 0 saturated heterocycles. The van der Waals surface area contributed by atoms with Crippen molar-refractivity contribution in [3.8, 4) is 0 Å². The van der Waals surface area contributed by atoms with E-state index in [4.69, 9.17) is 5.73 Å². The van der Waals surface area contributed by atoms with Crippen molar-refractivity contribution in [3.05, 3.63) is 17.8 Å². The van der Waals surface area contributed by atoms with Gasteiger partial charge in [-0.25, -0.2) is 0 Å². The minimum absolute atomic E-state index is 0.397. The van der Waals surface area contributed by atoms with Gasteiger partial charge in [0.25, 0.3) is 0 Å². The third-order valence-electron chi connectivity index (χ3n) is 1.68. The molecule has 0 bridgehead atoms. The van der Waals surface area contributed by atoms with Gasteiger partial charge in [0, 0.05) is 12.3 Å². The third kappa shape index (κ3) is 1.65. The topological polar surface area (TPSA) is 58.9 Å². The maximum atomic E-state index is 10.7. The highest BCUT2D eigenvalue weighted by molar-refractivity contribution is 5.93. The van der Waals surface area contributed by atoms with Gasteiger partial charge in [-0.3, -0.25) is 9.28 Å². The zero-order valence-electron chi connectivity index (χ0n) is 7.59. The number of nitrogens with one attached hydrogen (secondary N) is 1. The summed E-state index contributed by atoms with van der Waals surface area (Å²) < 4.78 is 0.646. The molecule has 66 valence electrons. The van der Waals surface area contributed by atoms with Gasteiger partial charge in [-0.15, -0.1) is 0 Å². The van der Waals surface area contributed by atoms with Crippen LogP contribution in [-0.4, -0.2) is 32.0 Å². The van der Waals surface area contributed by atoms with E-state index in [9.17, 15) is 4.79 Å². The van der Waals surface area contributed by atoms with Crippen LogP contribution in [0.2, 0.25) is 0 Å². The number of nitrogens with two attached hydrogens (primary N) is 1. The van der Waals surface area contributed by atoms with Crippen LogP contribution < -0.4 is 10.2 Å². The SMILES string of the molecule is C[N+](C)(C)c1cc(C(N)=O)c[nH]1. The molecule has 1 aromatic heterocycles. The van der Waals surface area contributed by atoms with Crippen LogP contribution in [0.5, 0.6) is 0 Å². The zero-order valence-corrected chi connectivity index (χ0v) is 7.59. The van der Waals surface area contributed by atoms with E-state index >= 15 is 0 Å². The van der Waals surface area contributed by atoms with Gasteiger partial charge in [-0.05, 0) is 0 Å². The number of hydrogen-bond donors (Lipinski definition) is 2. The number of hydrogen-bond acceptors (Lipinski definition) is 1. The summed E-state index contributed by atoms with van der Waals surface area (Å²) in [6.45, 7) is 0. The number of carbonyl (C=O) groups excluding carboxylic acids is 1. The molecule has 3 N–H and O–H groups in total. The van der Waals surface area contributed by atoms with E-state index in [1.54, 1.807) is 12.3 Å².